The van der Waals surface area contributed by atoms with Gasteiger partial charge in [-0.05, 0) is 20.8 Å². The lowest BCUT2D eigenvalue weighted by molar-refractivity contribution is 0.591. The summed E-state index contributed by atoms with van der Waals surface area (Å²) in [7, 11) is 0. The van der Waals surface area contributed by atoms with Crippen LogP contribution in [0.25, 0.3) is 0 Å². The van der Waals surface area contributed by atoms with Gasteiger partial charge in [0.25, 0.3) is 0 Å². The summed E-state index contributed by atoms with van der Waals surface area (Å²) in [4.78, 5) is 8.29. The number of aromatic nitrogens is 1. The van der Waals surface area contributed by atoms with Gasteiger partial charge < -0.3 is 10.2 Å². The first-order chi connectivity index (χ1) is 7.58. The van der Waals surface area contributed by atoms with Crippen molar-refractivity contribution in [1.29, 1.82) is 0 Å². The van der Waals surface area contributed by atoms with Crippen molar-refractivity contribution < 1.29 is 0 Å². The van der Waals surface area contributed by atoms with Crippen molar-refractivity contribution in [2.75, 3.05) is 18.0 Å². The van der Waals surface area contributed by atoms with Crippen LogP contribution in [0.4, 0.5) is 5.13 Å². The highest BCUT2D eigenvalue weighted by atomic mass is 32.1. The third-order valence-corrected chi connectivity index (χ3v) is 3.80. The zero-order valence-electron chi connectivity index (χ0n) is 11.0. The first-order valence-electron chi connectivity index (χ1n) is 6.03. The molecule has 1 aromatic rings. The second-order valence-corrected chi connectivity index (χ2v) is 5.27. The van der Waals surface area contributed by atoms with Crippen molar-refractivity contribution in [1.82, 2.24) is 10.3 Å². The number of hydrogen-bond acceptors (Lipinski definition) is 4. The lowest BCUT2D eigenvalue weighted by Gasteiger charge is -2.16. The lowest BCUT2D eigenvalue weighted by Crippen LogP contribution is -2.21. The van der Waals surface area contributed by atoms with Gasteiger partial charge in [0.1, 0.15) is 0 Å². The zero-order chi connectivity index (χ0) is 12.1. The monoisotopic (exact) mass is 241 g/mol. The SMILES string of the molecule is CCN(CC)c1nc(C)c(CNC(C)C)s1. The number of hydrogen-bond donors (Lipinski definition) is 1. The van der Waals surface area contributed by atoms with Crippen LogP contribution in [-0.2, 0) is 6.54 Å². The van der Waals surface area contributed by atoms with Crippen LogP contribution in [0.2, 0.25) is 0 Å². The predicted molar refractivity (Wildman–Crippen MR) is 72.4 cm³/mol. The molecule has 1 heterocycles. The summed E-state index contributed by atoms with van der Waals surface area (Å²) < 4.78 is 0. The summed E-state index contributed by atoms with van der Waals surface area (Å²) in [5.41, 5.74) is 1.17. The van der Waals surface area contributed by atoms with E-state index < -0.39 is 0 Å². The van der Waals surface area contributed by atoms with E-state index in [1.54, 1.807) is 0 Å². The van der Waals surface area contributed by atoms with Crippen molar-refractivity contribution >= 4 is 16.5 Å². The van der Waals surface area contributed by atoms with Crippen molar-refractivity contribution in [3.05, 3.63) is 10.6 Å². The van der Waals surface area contributed by atoms with Gasteiger partial charge in [-0.2, -0.15) is 0 Å². The highest BCUT2D eigenvalue weighted by Gasteiger charge is 2.11. The Labute approximate surface area is 103 Å². The van der Waals surface area contributed by atoms with Crippen LogP contribution in [-0.4, -0.2) is 24.1 Å². The maximum Gasteiger partial charge on any atom is 0.185 e. The zero-order valence-corrected chi connectivity index (χ0v) is 11.8. The van der Waals surface area contributed by atoms with E-state index >= 15 is 0 Å². The Morgan fingerprint density at radius 1 is 1.31 bits per heavy atom. The Kier molecular flexibility index (Phi) is 5.22. The van der Waals surface area contributed by atoms with Gasteiger partial charge in [-0.3, -0.25) is 0 Å². The first kappa shape index (κ1) is 13.5. The molecule has 0 radical (unpaired) electrons. The van der Waals surface area contributed by atoms with Crippen molar-refractivity contribution in [3.8, 4) is 0 Å². The van der Waals surface area contributed by atoms with Crippen LogP contribution in [0, 0.1) is 6.92 Å². The molecule has 0 aromatic carbocycles. The minimum atomic E-state index is 0.526. The summed E-state index contributed by atoms with van der Waals surface area (Å²) in [5, 5.41) is 4.60. The maximum absolute atomic E-state index is 4.64. The average molecular weight is 241 g/mol. The summed E-state index contributed by atoms with van der Waals surface area (Å²) >= 11 is 1.81. The highest BCUT2D eigenvalue weighted by Crippen LogP contribution is 2.25. The van der Waals surface area contributed by atoms with Crippen LogP contribution in [0.3, 0.4) is 0 Å². The molecule has 1 N–H and O–H groups in total. The number of anilines is 1. The fraction of sp³-hybridized carbons (Fsp3) is 0.750. The molecular weight excluding hydrogens is 218 g/mol. The Bertz CT molecular complexity index is 316. The number of aryl methyl sites for hydroxylation is 1. The third kappa shape index (κ3) is 3.46. The van der Waals surface area contributed by atoms with Gasteiger partial charge in [-0.1, -0.05) is 13.8 Å². The van der Waals surface area contributed by atoms with Crippen molar-refractivity contribution in [2.45, 2.75) is 47.2 Å². The van der Waals surface area contributed by atoms with Crippen molar-refractivity contribution in [3.63, 3.8) is 0 Å². The molecule has 0 aliphatic rings. The molecule has 4 heteroatoms. The third-order valence-electron chi connectivity index (χ3n) is 2.59. The second-order valence-electron chi connectivity index (χ2n) is 4.21. The van der Waals surface area contributed by atoms with E-state index in [0.717, 1.165) is 24.8 Å². The Balaban J connectivity index is 2.72. The van der Waals surface area contributed by atoms with Gasteiger partial charge in [0.05, 0.1) is 5.69 Å². The summed E-state index contributed by atoms with van der Waals surface area (Å²) in [6.45, 7) is 13.8. The van der Waals surface area contributed by atoms with Gasteiger partial charge in [-0.15, -0.1) is 11.3 Å². The molecule has 0 amide bonds. The smallest absolute Gasteiger partial charge is 0.185 e. The summed E-state index contributed by atoms with van der Waals surface area (Å²) in [5.74, 6) is 0. The quantitative estimate of drug-likeness (QED) is 0.830. The largest absolute Gasteiger partial charge is 0.349 e. The number of rotatable bonds is 6. The molecule has 0 aliphatic heterocycles. The molecule has 0 spiro atoms. The van der Waals surface area contributed by atoms with E-state index in [1.807, 2.05) is 11.3 Å². The van der Waals surface area contributed by atoms with Crippen molar-refractivity contribution in [2.24, 2.45) is 0 Å². The molecule has 0 aliphatic carbocycles. The molecule has 3 nitrogen and oxygen atoms in total. The molecule has 0 atom stereocenters. The minimum absolute atomic E-state index is 0.526. The topological polar surface area (TPSA) is 28.2 Å². The van der Waals surface area contributed by atoms with E-state index in [9.17, 15) is 0 Å². The Morgan fingerprint density at radius 2 is 1.94 bits per heavy atom. The molecule has 0 bridgehead atoms. The van der Waals surface area contributed by atoms with E-state index in [1.165, 1.54) is 10.6 Å². The van der Waals surface area contributed by atoms with Gasteiger partial charge in [0.2, 0.25) is 0 Å². The molecule has 0 unspecified atom stereocenters. The predicted octanol–water partition coefficient (Wildman–Crippen LogP) is 2.80. The van der Waals surface area contributed by atoms with Gasteiger partial charge in [0.15, 0.2) is 5.13 Å². The highest BCUT2D eigenvalue weighted by molar-refractivity contribution is 7.15. The van der Waals surface area contributed by atoms with E-state index in [4.69, 9.17) is 0 Å². The Hall–Kier alpha value is -0.610. The van der Waals surface area contributed by atoms with Crippen LogP contribution in [0.5, 0.6) is 0 Å². The lowest BCUT2D eigenvalue weighted by atomic mass is 10.3. The number of nitrogens with one attached hydrogen (secondary N) is 1. The fourth-order valence-electron chi connectivity index (χ4n) is 1.50. The van der Waals surface area contributed by atoms with Gasteiger partial charge >= 0.3 is 0 Å². The molecule has 0 saturated carbocycles. The molecule has 92 valence electrons. The molecular formula is C12H23N3S. The molecule has 1 rings (SSSR count). The number of nitrogens with zero attached hydrogens (tertiary/aromatic N) is 2. The summed E-state index contributed by atoms with van der Waals surface area (Å²) in [6, 6.07) is 0.526. The minimum Gasteiger partial charge on any atom is -0.349 e. The molecule has 1 aromatic heterocycles. The average Bonchev–Trinajstić information content (AvgIpc) is 2.59. The normalized spacial score (nSPS) is 11.1. The van der Waals surface area contributed by atoms with E-state index in [0.29, 0.717) is 6.04 Å². The van der Waals surface area contributed by atoms with Crippen LogP contribution >= 0.6 is 11.3 Å². The van der Waals surface area contributed by atoms with E-state index in [-0.39, 0.29) is 0 Å². The van der Waals surface area contributed by atoms with Crippen LogP contribution in [0.15, 0.2) is 0 Å². The van der Waals surface area contributed by atoms with Gasteiger partial charge in [0, 0.05) is 30.6 Å². The molecule has 0 fully saturated rings. The molecule has 0 saturated heterocycles. The fourth-order valence-corrected chi connectivity index (χ4v) is 2.64. The standard InChI is InChI=1S/C12H23N3S/c1-6-15(7-2)12-14-10(5)11(16-12)8-13-9(3)4/h9,13H,6-8H2,1-5H3. The van der Waals surface area contributed by atoms with Gasteiger partial charge in [-0.25, -0.2) is 4.98 Å². The van der Waals surface area contributed by atoms with E-state index in [2.05, 4.69) is 49.8 Å². The molecule has 16 heavy (non-hydrogen) atoms. The van der Waals surface area contributed by atoms with Crippen LogP contribution < -0.4 is 10.2 Å². The van der Waals surface area contributed by atoms with Crippen LogP contribution in [0.1, 0.15) is 38.3 Å². The maximum atomic E-state index is 4.64. The summed E-state index contributed by atoms with van der Waals surface area (Å²) in [6.07, 6.45) is 0. The number of thiazole rings is 1. The first-order valence-corrected chi connectivity index (χ1v) is 6.84. The second kappa shape index (κ2) is 6.21. The Morgan fingerprint density at radius 3 is 2.44 bits per heavy atom.